The highest BCUT2D eigenvalue weighted by atomic mass is 127. The third-order valence-electron chi connectivity index (χ3n) is 2.03. The molecule has 0 saturated heterocycles. The normalized spacial score (nSPS) is 10.8. The summed E-state index contributed by atoms with van der Waals surface area (Å²) in [6.07, 6.45) is 1.80. The van der Waals surface area contributed by atoms with Crippen LogP contribution in [0.5, 0.6) is 0 Å². The Labute approximate surface area is 111 Å². The standard InChI is InChI=1S/C10H10IN3OS/c1-5-6(2)15-10(13-5)16-9-8(11)4-12-7(3)14-9/h4H,1-3H3. The summed E-state index contributed by atoms with van der Waals surface area (Å²) < 4.78 is 6.50. The maximum absolute atomic E-state index is 5.50. The van der Waals surface area contributed by atoms with E-state index in [9.17, 15) is 0 Å². The van der Waals surface area contributed by atoms with E-state index in [1.807, 2.05) is 20.8 Å². The summed E-state index contributed by atoms with van der Waals surface area (Å²) in [6, 6.07) is 0. The summed E-state index contributed by atoms with van der Waals surface area (Å²) in [4.78, 5) is 12.8. The second-order valence-corrected chi connectivity index (χ2v) is 5.40. The van der Waals surface area contributed by atoms with Gasteiger partial charge in [-0.2, -0.15) is 0 Å². The average Bonchev–Trinajstić information content (AvgIpc) is 2.52. The summed E-state index contributed by atoms with van der Waals surface area (Å²) in [6.45, 7) is 5.70. The van der Waals surface area contributed by atoms with Crippen LogP contribution in [0.2, 0.25) is 0 Å². The highest BCUT2D eigenvalue weighted by Gasteiger charge is 2.11. The molecule has 0 aliphatic carbocycles. The van der Waals surface area contributed by atoms with Gasteiger partial charge in [0.25, 0.3) is 5.22 Å². The van der Waals surface area contributed by atoms with Crippen LogP contribution in [0.15, 0.2) is 20.9 Å². The highest BCUT2D eigenvalue weighted by Crippen LogP contribution is 2.29. The van der Waals surface area contributed by atoms with E-state index in [1.54, 1.807) is 6.20 Å². The molecule has 0 spiro atoms. The van der Waals surface area contributed by atoms with E-state index in [-0.39, 0.29) is 0 Å². The average molecular weight is 347 g/mol. The minimum atomic E-state index is 0.631. The van der Waals surface area contributed by atoms with E-state index >= 15 is 0 Å². The SMILES string of the molecule is Cc1ncc(I)c(Sc2nc(C)c(C)o2)n1. The first-order valence-electron chi connectivity index (χ1n) is 4.67. The van der Waals surface area contributed by atoms with Gasteiger partial charge in [0, 0.05) is 6.20 Å². The molecule has 0 aliphatic heterocycles. The van der Waals surface area contributed by atoms with Gasteiger partial charge in [-0.3, -0.25) is 0 Å². The number of aromatic nitrogens is 3. The molecule has 4 nitrogen and oxygen atoms in total. The summed E-state index contributed by atoms with van der Waals surface area (Å²) in [5.74, 6) is 1.60. The van der Waals surface area contributed by atoms with Crippen molar-refractivity contribution >= 4 is 34.4 Å². The van der Waals surface area contributed by atoms with Crippen molar-refractivity contribution in [3.63, 3.8) is 0 Å². The van der Waals surface area contributed by atoms with Crippen LogP contribution in [0.3, 0.4) is 0 Å². The Bertz CT molecular complexity index is 507. The number of hydrogen-bond donors (Lipinski definition) is 0. The van der Waals surface area contributed by atoms with Crippen molar-refractivity contribution in [1.82, 2.24) is 15.0 Å². The van der Waals surface area contributed by atoms with Gasteiger partial charge in [-0.1, -0.05) is 0 Å². The van der Waals surface area contributed by atoms with E-state index in [4.69, 9.17) is 4.42 Å². The molecule has 0 amide bonds. The van der Waals surface area contributed by atoms with E-state index in [2.05, 4.69) is 37.5 Å². The highest BCUT2D eigenvalue weighted by molar-refractivity contribution is 14.1. The number of oxazole rings is 1. The molecule has 0 bridgehead atoms. The topological polar surface area (TPSA) is 51.8 Å². The van der Waals surface area contributed by atoms with Crippen molar-refractivity contribution < 1.29 is 4.42 Å². The van der Waals surface area contributed by atoms with Crippen LogP contribution >= 0.6 is 34.4 Å². The number of halogens is 1. The Kier molecular flexibility index (Phi) is 3.48. The van der Waals surface area contributed by atoms with Crippen LogP contribution in [0.1, 0.15) is 17.3 Å². The maximum atomic E-state index is 5.50. The molecule has 6 heteroatoms. The summed E-state index contributed by atoms with van der Waals surface area (Å²) in [5, 5.41) is 1.51. The van der Waals surface area contributed by atoms with Crippen molar-refractivity contribution in [1.29, 1.82) is 0 Å². The van der Waals surface area contributed by atoms with Crippen LogP contribution in [0.25, 0.3) is 0 Å². The minimum Gasteiger partial charge on any atom is -0.436 e. The quantitative estimate of drug-likeness (QED) is 0.617. The number of rotatable bonds is 2. The Morgan fingerprint density at radius 1 is 1.25 bits per heavy atom. The minimum absolute atomic E-state index is 0.631. The lowest BCUT2D eigenvalue weighted by molar-refractivity contribution is 0.431. The molecule has 16 heavy (non-hydrogen) atoms. The zero-order valence-electron chi connectivity index (χ0n) is 9.11. The van der Waals surface area contributed by atoms with Gasteiger partial charge in [-0.15, -0.1) is 0 Å². The Hall–Kier alpha value is -0.630. The smallest absolute Gasteiger partial charge is 0.262 e. The summed E-state index contributed by atoms with van der Waals surface area (Å²) >= 11 is 3.63. The van der Waals surface area contributed by atoms with Gasteiger partial charge in [0.05, 0.1) is 9.26 Å². The van der Waals surface area contributed by atoms with Gasteiger partial charge >= 0.3 is 0 Å². The largest absolute Gasteiger partial charge is 0.436 e. The Balaban J connectivity index is 2.29. The first-order valence-corrected chi connectivity index (χ1v) is 6.57. The van der Waals surface area contributed by atoms with E-state index in [1.165, 1.54) is 11.8 Å². The van der Waals surface area contributed by atoms with Crippen molar-refractivity contribution in [3.8, 4) is 0 Å². The third-order valence-corrected chi connectivity index (χ3v) is 4.03. The van der Waals surface area contributed by atoms with Gasteiger partial charge in [0.1, 0.15) is 16.6 Å². The van der Waals surface area contributed by atoms with Crippen LogP contribution in [-0.4, -0.2) is 15.0 Å². The molecule has 84 valence electrons. The maximum Gasteiger partial charge on any atom is 0.262 e. The number of aryl methyl sites for hydroxylation is 3. The first-order chi connectivity index (χ1) is 7.56. The molecule has 2 aromatic rings. The fourth-order valence-corrected chi connectivity index (χ4v) is 2.51. The van der Waals surface area contributed by atoms with Gasteiger partial charge in [-0.25, -0.2) is 15.0 Å². The molecule has 0 atom stereocenters. The van der Waals surface area contributed by atoms with Crippen LogP contribution < -0.4 is 0 Å². The molecule has 0 fully saturated rings. The van der Waals surface area contributed by atoms with Crippen molar-refractivity contribution in [2.75, 3.05) is 0 Å². The molecule has 0 aromatic carbocycles. The molecule has 0 aliphatic rings. The molecule has 2 rings (SSSR count). The molecule has 2 heterocycles. The van der Waals surface area contributed by atoms with Gasteiger partial charge < -0.3 is 4.42 Å². The number of hydrogen-bond acceptors (Lipinski definition) is 5. The second-order valence-electron chi connectivity index (χ2n) is 3.29. The van der Waals surface area contributed by atoms with Crippen LogP contribution in [-0.2, 0) is 0 Å². The molecule has 0 unspecified atom stereocenters. The van der Waals surface area contributed by atoms with Gasteiger partial charge in [0.15, 0.2) is 0 Å². The molecule has 2 aromatic heterocycles. The molecular formula is C10H10IN3OS. The Morgan fingerprint density at radius 3 is 2.62 bits per heavy atom. The molecule has 0 saturated carbocycles. The zero-order chi connectivity index (χ0) is 11.7. The fraction of sp³-hybridized carbons (Fsp3) is 0.300. The van der Waals surface area contributed by atoms with E-state index < -0.39 is 0 Å². The fourth-order valence-electron chi connectivity index (χ4n) is 1.08. The number of nitrogens with zero attached hydrogens (tertiary/aromatic N) is 3. The molecule has 0 radical (unpaired) electrons. The van der Waals surface area contributed by atoms with Crippen molar-refractivity contribution in [2.24, 2.45) is 0 Å². The van der Waals surface area contributed by atoms with E-state index in [0.29, 0.717) is 5.22 Å². The molecule has 0 N–H and O–H groups in total. The predicted molar refractivity (Wildman–Crippen MR) is 69.6 cm³/mol. The molecular weight excluding hydrogens is 337 g/mol. The monoisotopic (exact) mass is 347 g/mol. The van der Waals surface area contributed by atoms with Crippen molar-refractivity contribution in [2.45, 2.75) is 31.0 Å². The first kappa shape index (κ1) is 11.8. The lowest BCUT2D eigenvalue weighted by Gasteiger charge is -2.00. The van der Waals surface area contributed by atoms with Crippen LogP contribution in [0, 0.1) is 24.3 Å². The lowest BCUT2D eigenvalue weighted by Crippen LogP contribution is -1.92. The zero-order valence-corrected chi connectivity index (χ0v) is 12.1. The van der Waals surface area contributed by atoms with E-state index in [0.717, 1.165) is 25.9 Å². The lowest BCUT2D eigenvalue weighted by atomic mass is 10.4. The Morgan fingerprint density at radius 2 is 2.00 bits per heavy atom. The summed E-state index contributed by atoms with van der Waals surface area (Å²) in [7, 11) is 0. The van der Waals surface area contributed by atoms with Crippen molar-refractivity contribution in [3.05, 3.63) is 27.0 Å². The van der Waals surface area contributed by atoms with Gasteiger partial charge in [-0.05, 0) is 55.1 Å². The second kappa shape index (κ2) is 4.70. The van der Waals surface area contributed by atoms with Crippen LogP contribution in [0.4, 0.5) is 0 Å². The summed E-state index contributed by atoms with van der Waals surface area (Å²) in [5.41, 5.74) is 0.920. The third kappa shape index (κ3) is 2.54. The predicted octanol–water partition coefficient (Wildman–Crippen LogP) is 3.15. The van der Waals surface area contributed by atoms with Gasteiger partial charge in [0.2, 0.25) is 0 Å².